The quantitative estimate of drug-likeness (QED) is 0.647. The summed E-state index contributed by atoms with van der Waals surface area (Å²) in [7, 11) is 1.70. The van der Waals surface area contributed by atoms with Gasteiger partial charge in [0.05, 0.1) is 11.3 Å². The molecule has 0 saturated carbocycles. The van der Waals surface area contributed by atoms with Gasteiger partial charge in [0, 0.05) is 25.5 Å². The number of hydrogen-bond donors (Lipinski definition) is 1. The van der Waals surface area contributed by atoms with Gasteiger partial charge in [-0.1, -0.05) is 17.8 Å². The summed E-state index contributed by atoms with van der Waals surface area (Å²) in [6, 6.07) is 9.47. The topological polar surface area (TPSA) is 81.8 Å². The highest BCUT2D eigenvalue weighted by Gasteiger charge is 2.17. The van der Waals surface area contributed by atoms with Gasteiger partial charge in [-0.05, 0) is 56.2 Å². The molecule has 0 atom stereocenters. The molecule has 0 aliphatic rings. The van der Waals surface area contributed by atoms with Crippen molar-refractivity contribution in [2.45, 2.75) is 32.5 Å². The number of anilines is 1. The summed E-state index contributed by atoms with van der Waals surface area (Å²) >= 11 is 1.30. The molecular formula is C20H23N5O2S. The summed E-state index contributed by atoms with van der Waals surface area (Å²) < 4.78 is 3.36. The molecule has 8 heteroatoms. The van der Waals surface area contributed by atoms with Crippen molar-refractivity contribution >= 4 is 23.4 Å². The molecule has 2 heterocycles. The third-order valence-electron chi connectivity index (χ3n) is 4.24. The van der Waals surface area contributed by atoms with E-state index >= 15 is 0 Å². The molecular weight excluding hydrogens is 374 g/mol. The number of pyridine rings is 1. The second-order valence-corrected chi connectivity index (χ2v) is 7.54. The van der Waals surface area contributed by atoms with Crippen LogP contribution in [-0.4, -0.2) is 31.0 Å². The van der Waals surface area contributed by atoms with Crippen molar-refractivity contribution in [1.29, 1.82) is 0 Å². The zero-order chi connectivity index (χ0) is 20.3. The number of nitrogens with zero attached hydrogens (tertiary/aromatic N) is 4. The smallest absolute Gasteiger partial charge is 0.261 e. The number of aryl methyl sites for hydroxylation is 3. The first kappa shape index (κ1) is 19.9. The summed E-state index contributed by atoms with van der Waals surface area (Å²) in [5, 5.41) is 11.9. The molecule has 7 nitrogen and oxygen atoms in total. The first-order chi connectivity index (χ1) is 13.4. The standard InChI is InChI=1S/C20H23N5O2S/c1-5-25-18(16-7-6-8-24(4)19(16)27)22-23-20(25)28-12-17(26)21-15-10-13(2)9-14(3)11-15/h6-11H,5,12H2,1-4H3,(H,21,26). The molecule has 146 valence electrons. The van der Waals surface area contributed by atoms with Gasteiger partial charge in [-0.2, -0.15) is 0 Å². The van der Waals surface area contributed by atoms with E-state index in [4.69, 9.17) is 0 Å². The van der Waals surface area contributed by atoms with Gasteiger partial charge >= 0.3 is 0 Å². The number of carbonyl (C=O) groups is 1. The van der Waals surface area contributed by atoms with E-state index in [9.17, 15) is 9.59 Å². The normalized spacial score (nSPS) is 10.9. The van der Waals surface area contributed by atoms with Crippen molar-refractivity contribution in [3.63, 3.8) is 0 Å². The van der Waals surface area contributed by atoms with Gasteiger partial charge in [0.2, 0.25) is 5.91 Å². The number of benzene rings is 1. The van der Waals surface area contributed by atoms with Gasteiger partial charge in [0.1, 0.15) is 0 Å². The van der Waals surface area contributed by atoms with Crippen LogP contribution in [0.5, 0.6) is 0 Å². The number of rotatable bonds is 6. The second-order valence-electron chi connectivity index (χ2n) is 6.60. The van der Waals surface area contributed by atoms with Crippen LogP contribution in [0.3, 0.4) is 0 Å². The third-order valence-corrected chi connectivity index (χ3v) is 5.20. The summed E-state index contributed by atoms with van der Waals surface area (Å²) in [4.78, 5) is 24.7. The lowest BCUT2D eigenvalue weighted by Gasteiger charge is -2.09. The van der Waals surface area contributed by atoms with Crippen molar-refractivity contribution in [3.8, 4) is 11.4 Å². The van der Waals surface area contributed by atoms with Crippen LogP contribution in [0.4, 0.5) is 5.69 Å². The number of aromatic nitrogens is 4. The summed E-state index contributed by atoms with van der Waals surface area (Å²) in [5.41, 5.74) is 3.35. The molecule has 28 heavy (non-hydrogen) atoms. The average molecular weight is 398 g/mol. The molecule has 0 aliphatic heterocycles. The Balaban J connectivity index is 1.74. The first-order valence-corrected chi connectivity index (χ1v) is 9.97. The molecule has 3 aromatic rings. The van der Waals surface area contributed by atoms with Gasteiger partial charge in [-0.25, -0.2) is 0 Å². The minimum atomic E-state index is -0.131. The fraction of sp³-hybridized carbons (Fsp3) is 0.300. The van der Waals surface area contributed by atoms with Crippen LogP contribution in [0.2, 0.25) is 0 Å². The monoisotopic (exact) mass is 397 g/mol. The number of thioether (sulfide) groups is 1. The van der Waals surface area contributed by atoms with Crippen LogP contribution in [-0.2, 0) is 18.4 Å². The molecule has 1 N–H and O–H groups in total. The molecule has 2 aromatic heterocycles. The molecule has 0 unspecified atom stereocenters. The van der Waals surface area contributed by atoms with E-state index in [-0.39, 0.29) is 17.2 Å². The molecule has 1 aromatic carbocycles. The van der Waals surface area contributed by atoms with E-state index in [0.717, 1.165) is 16.8 Å². The molecule has 0 fully saturated rings. The molecule has 0 spiro atoms. The minimum Gasteiger partial charge on any atom is -0.325 e. The fourth-order valence-corrected chi connectivity index (χ4v) is 3.82. The van der Waals surface area contributed by atoms with E-state index in [1.165, 1.54) is 16.3 Å². The summed E-state index contributed by atoms with van der Waals surface area (Å²) in [6.07, 6.45) is 1.70. The minimum absolute atomic E-state index is 0.113. The number of amides is 1. The van der Waals surface area contributed by atoms with Crippen molar-refractivity contribution < 1.29 is 4.79 Å². The number of nitrogens with one attached hydrogen (secondary N) is 1. The predicted molar refractivity (Wildman–Crippen MR) is 112 cm³/mol. The van der Waals surface area contributed by atoms with E-state index in [2.05, 4.69) is 21.6 Å². The SMILES string of the molecule is CCn1c(SCC(=O)Nc2cc(C)cc(C)c2)nnc1-c1cccn(C)c1=O. The highest BCUT2D eigenvalue weighted by atomic mass is 32.2. The largest absolute Gasteiger partial charge is 0.325 e. The van der Waals surface area contributed by atoms with Crippen LogP contribution >= 0.6 is 11.8 Å². The van der Waals surface area contributed by atoms with Crippen molar-refractivity contribution in [3.05, 3.63) is 58.0 Å². The molecule has 1 amide bonds. The predicted octanol–water partition coefficient (Wildman–Crippen LogP) is 3.01. The molecule has 3 rings (SSSR count). The van der Waals surface area contributed by atoms with Crippen molar-refractivity contribution in [1.82, 2.24) is 19.3 Å². The summed E-state index contributed by atoms with van der Waals surface area (Å²) in [6.45, 7) is 6.55. The maximum atomic E-state index is 12.4. The average Bonchev–Trinajstić information content (AvgIpc) is 3.04. The van der Waals surface area contributed by atoms with Gasteiger partial charge in [0.25, 0.3) is 5.56 Å². The Labute approximate surface area is 167 Å². The van der Waals surface area contributed by atoms with Gasteiger partial charge in [-0.3, -0.25) is 9.59 Å². The van der Waals surface area contributed by atoms with Crippen LogP contribution < -0.4 is 10.9 Å². The Morgan fingerprint density at radius 3 is 2.57 bits per heavy atom. The zero-order valence-corrected chi connectivity index (χ0v) is 17.2. The van der Waals surface area contributed by atoms with E-state index in [1.807, 2.05) is 37.5 Å². The molecule has 0 aliphatic carbocycles. The van der Waals surface area contributed by atoms with Crippen LogP contribution in [0.15, 0.2) is 46.5 Å². The Kier molecular flexibility index (Phi) is 5.99. The highest BCUT2D eigenvalue weighted by Crippen LogP contribution is 2.22. The van der Waals surface area contributed by atoms with Crippen LogP contribution in [0, 0.1) is 13.8 Å². The lowest BCUT2D eigenvalue weighted by Crippen LogP contribution is -2.19. The van der Waals surface area contributed by atoms with Crippen LogP contribution in [0.1, 0.15) is 18.1 Å². The Hall–Kier alpha value is -2.87. The second kappa shape index (κ2) is 8.43. The number of hydrogen-bond acceptors (Lipinski definition) is 5. The Morgan fingerprint density at radius 2 is 1.89 bits per heavy atom. The van der Waals surface area contributed by atoms with Crippen LogP contribution in [0.25, 0.3) is 11.4 Å². The fourth-order valence-electron chi connectivity index (χ4n) is 3.02. The Morgan fingerprint density at radius 1 is 1.18 bits per heavy atom. The molecule has 0 bridgehead atoms. The van der Waals surface area contributed by atoms with E-state index in [1.54, 1.807) is 25.4 Å². The third kappa shape index (κ3) is 4.33. The zero-order valence-electron chi connectivity index (χ0n) is 16.4. The maximum Gasteiger partial charge on any atom is 0.261 e. The number of carbonyl (C=O) groups excluding carboxylic acids is 1. The van der Waals surface area contributed by atoms with Crippen molar-refractivity contribution in [2.75, 3.05) is 11.1 Å². The molecule has 0 radical (unpaired) electrons. The molecule has 0 saturated heterocycles. The maximum absolute atomic E-state index is 12.4. The van der Waals surface area contributed by atoms with Gasteiger partial charge in [0.15, 0.2) is 11.0 Å². The lowest BCUT2D eigenvalue weighted by molar-refractivity contribution is -0.113. The summed E-state index contributed by atoms with van der Waals surface area (Å²) in [5.74, 6) is 0.608. The highest BCUT2D eigenvalue weighted by molar-refractivity contribution is 7.99. The lowest BCUT2D eigenvalue weighted by atomic mass is 10.1. The Bertz CT molecular complexity index is 1050. The van der Waals surface area contributed by atoms with Gasteiger partial charge < -0.3 is 14.5 Å². The van der Waals surface area contributed by atoms with Crippen molar-refractivity contribution in [2.24, 2.45) is 7.05 Å². The van der Waals surface area contributed by atoms with E-state index in [0.29, 0.717) is 23.1 Å². The van der Waals surface area contributed by atoms with Gasteiger partial charge in [-0.15, -0.1) is 10.2 Å². The van der Waals surface area contributed by atoms with E-state index < -0.39 is 0 Å². The first-order valence-electron chi connectivity index (χ1n) is 8.99.